The van der Waals surface area contributed by atoms with Crippen molar-refractivity contribution in [1.82, 2.24) is 4.72 Å². The molecule has 0 aliphatic carbocycles. The maximum atomic E-state index is 13.4. The summed E-state index contributed by atoms with van der Waals surface area (Å²) in [7, 11) is -2.78. The smallest absolute Gasteiger partial charge is 0.259 e. The van der Waals surface area contributed by atoms with Crippen LogP contribution in [0.2, 0.25) is 0 Å². The van der Waals surface area contributed by atoms with Crippen molar-refractivity contribution in [2.75, 3.05) is 12.4 Å². The molecule has 1 atom stereocenters. The molecular weight excluding hydrogens is 389 g/mol. The van der Waals surface area contributed by atoms with Gasteiger partial charge in [0.2, 0.25) is 15.9 Å². The molecule has 4 N–H and O–H groups in total. The van der Waals surface area contributed by atoms with Gasteiger partial charge in [-0.25, -0.2) is 12.8 Å². The lowest BCUT2D eigenvalue weighted by atomic mass is 10.1. The third kappa shape index (κ3) is 4.84. The van der Waals surface area contributed by atoms with E-state index >= 15 is 0 Å². The number of hydrogen-bond donors (Lipinski definition) is 3. The number of nitrogens with two attached hydrogens (primary N) is 1. The number of rotatable bonds is 7. The third-order valence-electron chi connectivity index (χ3n) is 3.90. The van der Waals surface area contributed by atoms with E-state index < -0.39 is 33.7 Å². The van der Waals surface area contributed by atoms with Crippen molar-refractivity contribution in [2.45, 2.75) is 24.8 Å². The molecule has 10 heteroatoms. The first kappa shape index (κ1) is 21.3. The number of carbonyl (C=O) groups excluding carboxylic acids is 2. The van der Waals surface area contributed by atoms with Crippen molar-refractivity contribution in [1.29, 1.82) is 0 Å². The Labute approximate surface area is 161 Å². The minimum atomic E-state index is -4.11. The second kappa shape index (κ2) is 8.36. The standard InChI is InChI=1S/C18H20FN3O5S/c1-10-8-12(4-6-15(10)19)21-18(24)14-9-13(5-7-16(14)27-3)28(25,26)22-11(2)17(20)23/h4-9,11,22H,1-3H3,(H2,20,23)(H,21,24)/t11-/m1/s1. The fourth-order valence-corrected chi connectivity index (χ4v) is 3.55. The van der Waals surface area contributed by atoms with Gasteiger partial charge >= 0.3 is 0 Å². The summed E-state index contributed by atoms with van der Waals surface area (Å²) < 4.78 is 45.5. The molecule has 0 bridgehead atoms. The molecule has 0 spiro atoms. The predicted molar refractivity (Wildman–Crippen MR) is 101 cm³/mol. The van der Waals surface area contributed by atoms with Crippen LogP contribution in [0.3, 0.4) is 0 Å². The van der Waals surface area contributed by atoms with Crippen LogP contribution in [0.4, 0.5) is 10.1 Å². The lowest BCUT2D eigenvalue weighted by molar-refractivity contribution is -0.119. The van der Waals surface area contributed by atoms with Crippen LogP contribution in [-0.2, 0) is 14.8 Å². The van der Waals surface area contributed by atoms with E-state index in [9.17, 15) is 22.4 Å². The summed E-state index contributed by atoms with van der Waals surface area (Å²) in [4.78, 5) is 23.5. The van der Waals surface area contributed by atoms with E-state index in [1.165, 1.54) is 44.4 Å². The Bertz CT molecular complexity index is 1020. The second-order valence-corrected chi connectivity index (χ2v) is 7.74. The van der Waals surface area contributed by atoms with Gasteiger partial charge in [0, 0.05) is 5.69 Å². The molecule has 0 aromatic heterocycles. The number of amides is 2. The number of aryl methyl sites for hydroxylation is 1. The topological polar surface area (TPSA) is 128 Å². The Balaban J connectivity index is 2.37. The molecule has 0 fully saturated rings. The molecule has 28 heavy (non-hydrogen) atoms. The fraction of sp³-hybridized carbons (Fsp3) is 0.222. The SMILES string of the molecule is COc1ccc(S(=O)(=O)N[C@H](C)C(N)=O)cc1C(=O)Nc1ccc(F)c(C)c1. The van der Waals surface area contributed by atoms with Crippen molar-refractivity contribution in [3.8, 4) is 5.75 Å². The van der Waals surface area contributed by atoms with E-state index in [0.29, 0.717) is 11.3 Å². The first-order valence-electron chi connectivity index (χ1n) is 8.12. The zero-order chi connectivity index (χ0) is 21.1. The number of hydrogen-bond acceptors (Lipinski definition) is 5. The number of halogens is 1. The predicted octanol–water partition coefficient (Wildman–Crippen LogP) is 1.55. The molecular formula is C18H20FN3O5S. The summed E-state index contributed by atoms with van der Waals surface area (Å²) >= 11 is 0. The normalized spacial score (nSPS) is 12.3. The van der Waals surface area contributed by atoms with E-state index in [2.05, 4.69) is 10.0 Å². The number of primary amides is 1. The lowest BCUT2D eigenvalue weighted by Gasteiger charge is -2.14. The molecule has 0 aliphatic heterocycles. The Kier molecular flexibility index (Phi) is 6.37. The molecule has 0 radical (unpaired) electrons. The Morgan fingerprint density at radius 2 is 1.86 bits per heavy atom. The van der Waals surface area contributed by atoms with Crippen molar-refractivity contribution in [3.63, 3.8) is 0 Å². The number of methoxy groups -OCH3 is 1. The zero-order valence-corrected chi connectivity index (χ0v) is 16.3. The van der Waals surface area contributed by atoms with E-state index in [1.54, 1.807) is 6.92 Å². The van der Waals surface area contributed by atoms with Crippen LogP contribution < -0.4 is 20.5 Å². The fourth-order valence-electron chi connectivity index (χ4n) is 2.31. The largest absolute Gasteiger partial charge is 0.496 e. The van der Waals surface area contributed by atoms with Gasteiger partial charge in [-0.15, -0.1) is 0 Å². The van der Waals surface area contributed by atoms with Gasteiger partial charge in [0.25, 0.3) is 5.91 Å². The molecule has 0 unspecified atom stereocenters. The molecule has 0 heterocycles. The monoisotopic (exact) mass is 409 g/mol. The van der Waals surface area contributed by atoms with Gasteiger partial charge in [0.05, 0.1) is 23.6 Å². The van der Waals surface area contributed by atoms with E-state index in [0.717, 1.165) is 6.07 Å². The number of benzene rings is 2. The molecule has 2 amide bonds. The van der Waals surface area contributed by atoms with Crippen molar-refractivity contribution in [2.24, 2.45) is 5.73 Å². The summed E-state index contributed by atoms with van der Waals surface area (Å²) in [5.41, 5.74) is 5.69. The van der Waals surface area contributed by atoms with Crippen molar-refractivity contribution in [3.05, 3.63) is 53.3 Å². The van der Waals surface area contributed by atoms with Gasteiger partial charge in [0.15, 0.2) is 0 Å². The van der Waals surface area contributed by atoms with E-state index in [4.69, 9.17) is 10.5 Å². The van der Waals surface area contributed by atoms with Crippen LogP contribution in [0.5, 0.6) is 5.75 Å². The molecule has 2 aromatic carbocycles. The van der Waals surface area contributed by atoms with Gasteiger partial charge in [0.1, 0.15) is 11.6 Å². The lowest BCUT2D eigenvalue weighted by Crippen LogP contribution is -2.42. The second-order valence-electron chi connectivity index (χ2n) is 6.03. The highest BCUT2D eigenvalue weighted by atomic mass is 32.2. The summed E-state index contributed by atoms with van der Waals surface area (Å²) in [5.74, 6) is -1.78. The Hall–Kier alpha value is -2.98. The van der Waals surface area contributed by atoms with Crippen molar-refractivity contribution < 1.29 is 27.1 Å². The van der Waals surface area contributed by atoms with Gasteiger partial charge in [-0.05, 0) is 55.8 Å². The van der Waals surface area contributed by atoms with E-state index in [1.807, 2.05) is 0 Å². The number of anilines is 1. The summed E-state index contributed by atoms with van der Waals surface area (Å²) in [6, 6.07) is 6.55. The quantitative estimate of drug-likeness (QED) is 0.639. The molecule has 8 nitrogen and oxygen atoms in total. The number of nitrogens with one attached hydrogen (secondary N) is 2. The maximum absolute atomic E-state index is 13.4. The Morgan fingerprint density at radius 3 is 2.43 bits per heavy atom. The molecule has 2 aromatic rings. The molecule has 2 rings (SSSR count). The zero-order valence-electron chi connectivity index (χ0n) is 15.4. The highest BCUT2D eigenvalue weighted by Crippen LogP contribution is 2.24. The third-order valence-corrected chi connectivity index (χ3v) is 5.44. The maximum Gasteiger partial charge on any atom is 0.259 e. The minimum Gasteiger partial charge on any atom is -0.496 e. The summed E-state index contributed by atoms with van der Waals surface area (Å²) in [6.45, 7) is 2.85. The van der Waals surface area contributed by atoms with Gasteiger partial charge in [-0.3, -0.25) is 9.59 Å². The summed E-state index contributed by atoms with van der Waals surface area (Å²) in [6.07, 6.45) is 0. The van der Waals surface area contributed by atoms with Crippen molar-refractivity contribution >= 4 is 27.5 Å². The van der Waals surface area contributed by atoms with Crippen LogP contribution in [0.25, 0.3) is 0 Å². The van der Waals surface area contributed by atoms with Gasteiger partial charge in [-0.2, -0.15) is 4.72 Å². The van der Waals surface area contributed by atoms with Crippen LogP contribution in [0.1, 0.15) is 22.8 Å². The number of ether oxygens (including phenoxy) is 1. The van der Waals surface area contributed by atoms with Crippen LogP contribution in [-0.4, -0.2) is 33.4 Å². The molecule has 0 saturated carbocycles. The minimum absolute atomic E-state index is 0.0564. The number of sulfonamides is 1. The molecule has 0 saturated heterocycles. The Morgan fingerprint density at radius 1 is 1.18 bits per heavy atom. The van der Waals surface area contributed by atoms with Gasteiger partial charge < -0.3 is 15.8 Å². The average Bonchev–Trinajstić information content (AvgIpc) is 2.63. The highest BCUT2D eigenvalue weighted by Gasteiger charge is 2.23. The van der Waals surface area contributed by atoms with Gasteiger partial charge in [-0.1, -0.05) is 0 Å². The van der Waals surface area contributed by atoms with E-state index in [-0.39, 0.29) is 16.2 Å². The first-order chi connectivity index (χ1) is 13.0. The highest BCUT2D eigenvalue weighted by molar-refractivity contribution is 7.89. The van der Waals surface area contributed by atoms with Crippen LogP contribution in [0.15, 0.2) is 41.3 Å². The summed E-state index contributed by atoms with van der Waals surface area (Å²) in [5, 5.41) is 2.56. The molecule has 0 aliphatic rings. The van der Waals surface area contributed by atoms with Crippen LogP contribution in [0, 0.1) is 12.7 Å². The number of carbonyl (C=O) groups is 2. The first-order valence-corrected chi connectivity index (χ1v) is 9.60. The molecule has 150 valence electrons. The average molecular weight is 409 g/mol. The van der Waals surface area contributed by atoms with Crippen LogP contribution >= 0.6 is 0 Å².